The summed E-state index contributed by atoms with van der Waals surface area (Å²) < 4.78 is 20.0. The number of carbonyl (C=O) groups excluding carboxylic acids is 1. The van der Waals surface area contributed by atoms with Crippen molar-refractivity contribution in [1.29, 1.82) is 5.26 Å². The van der Waals surface area contributed by atoms with Crippen molar-refractivity contribution in [2.75, 3.05) is 44.7 Å². The van der Waals surface area contributed by atoms with E-state index in [1.807, 2.05) is 0 Å². The number of anilines is 1. The number of likely N-dealkylation sites (tertiary alicyclic amines) is 1. The Balaban J connectivity index is 1.30. The zero-order valence-electron chi connectivity index (χ0n) is 23.2. The third kappa shape index (κ3) is 5.05. The first-order chi connectivity index (χ1) is 19.4. The molecule has 2 saturated heterocycles. The second-order valence-corrected chi connectivity index (χ2v) is 12.0. The lowest BCUT2D eigenvalue weighted by molar-refractivity contribution is -0.131. The number of nitriles is 1. The Labute approximate surface area is 235 Å². The van der Waals surface area contributed by atoms with Gasteiger partial charge < -0.3 is 19.4 Å². The second kappa shape index (κ2) is 10.8. The maximum absolute atomic E-state index is 13.8. The zero-order valence-corrected chi connectivity index (χ0v) is 23.2. The van der Waals surface area contributed by atoms with Crippen molar-refractivity contribution < 1.29 is 13.9 Å². The second-order valence-electron chi connectivity index (χ2n) is 12.0. The van der Waals surface area contributed by atoms with Crippen LogP contribution in [0.15, 0.2) is 36.7 Å². The van der Waals surface area contributed by atoms with Crippen LogP contribution in [0.4, 0.5) is 10.2 Å². The van der Waals surface area contributed by atoms with Gasteiger partial charge in [0.25, 0.3) is 5.91 Å². The molecule has 0 bridgehead atoms. The fourth-order valence-electron chi connectivity index (χ4n) is 7.22. The highest BCUT2D eigenvalue weighted by atomic mass is 19.1. The summed E-state index contributed by atoms with van der Waals surface area (Å²) in [5.41, 5.74) is 5.15. The molecular weight excluding hydrogens is 507 g/mol. The molecule has 2 fully saturated rings. The van der Waals surface area contributed by atoms with Crippen molar-refractivity contribution >= 4 is 11.7 Å². The third-order valence-corrected chi connectivity index (χ3v) is 9.43. The average Bonchev–Trinajstić information content (AvgIpc) is 3.53. The lowest BCUT2D eigenvalue weighted by Crippen LogP contribution is -2.55. The van der Waals surface area contributed by atoms with Crippen LogP contribution in [0.2, 0.25) is 0 Å². The monoisotopic (exact) mass is 544 g/mol. The lowest BCUT2D eigenvalue weighted by Gasteiger charge is -2.41. The Morgan fingerprint density at radius 3 is 2.75 bits per heavy atom. The zero-order chi connectivity index (χ0) is 27.9. The number of aryl methyl sites for hydroxylation is 1. The quantitative estimate of drug-likeness (QED) is 0.514. The van der Waals surface area contributed by atoms with Crippen LogP contribution in [-0.2, 0) is 30.5 Å². The summed E-state index contributed by atoms with van der Waals surface area (Å²) in [7, 11) is 2.13. The van der Waals surface area contributed by atoms with Gasteiger partial charge in [-0.1, -0.05) is 30.8 Å². The van der Waals surface area contributed by atoms with E-state index in [1.54, 1.807) is 0 Å². The van der Waals surface area contributed by atoms with Gasteiger partial charge in [0.05, 0.1) is 24.2 Å². The first-order valence-corrected chi connectivity index (χ1v) is 14.4. The number of aromatic nitrogens is 2. The number of nitrogens with zero attached hydrogens (tertiary/aromatic N) is 6. The van der Waals surface area contributed by atoms with Crippen LogP contribution in [0.1, 0.15) is 48.1 Å². The first-order valence-electron chi connectivity index (χ1n) is 14.4. The predicted octanol–water partition coefficient (Wildman–Crippen LogP) is 3.64. The number of halogens is 1. The normalized spacial score (nSPS) is 25.9. The smallest absolute Gasteiger partial charge is 0.318 e. The van der Waals surface area contributed by atoms with Gasteiger partial charge in [0.2, 0.25) is 0 Å². The molecule has 2 aromatic rings. The van der Waals surface area contributed by atoms with E-state index in [9.17, 15) is 14.4 Å². The highest BCUT2D eigenvalue weighted by Gasteiger charge is 2.44. The highest BCUT2D eigenvalue weighted by Crippen LogP contribution is 2.48. The number of rotatable bonds is 6. The standard InChI is InChI=1S/C31H37FN6O2/c1-21(32)29(39)38-15-14-37(19-24(38)10-12-33)28-26-17-31(11-9-22-6-3-4-7-23(22)16-31)18-27(26)34-30(35-28)40-20-25-8-5-13-36(25)2/h3-4,6-7,24-25H,1,5,8-11,13-20H2,2H3. The number of carbonyl (C=O) groups is 1. The van der Waals surface area contributed by atoms with E-state index in [4.69, 9.17) is 14.7 Å². The van der Waals surface area contributed by atoms with E-state index in [0.29, 0.717) is 38.3 Å². The Hall–Kier alpha value is -3.51. The fraction of sp³-hybridized carbons (Fsp3) is 0.548. The summed E-state index contributed by atoms with van der Waals surface area (Å²) in [5, 5.41) is 9.48. The molecule has 210 valence electrons. The Morgan fingerprint density at radius 1 is 1.18 bits per heavy atom. The summed E-state index contributed by atoms with van der Waals surface area (Å²) in [6, 6.07) is 11.2. The minimum Gasteiger partial charge on any atom is -0.462 e. The van der Waals surface area contributed by atoms with Gasteiger partial charge in [0.15, 0.2) is 5.83 Å². The molecule has 40 heavy (non-hydrogen) atoms. The van der Waals surface area contributed by atoms with Gasteiger partial charge in [0.1, 0.15) is 12.4 Å². The van der Waals surface area contributed by atoms with Crippen LogP contribution in [0.5, 0.6) is 6.01 Å². The molecule has 9 heteroatoms. The molecule has 1 spiro atoms. The minimum absolute atomic E-state index is 0.0974. The van der Waals surface area contributed by atoms with E-state index in [1.165, 1.54) is 22.4 Å². The molecule has 2 aliphatic carbocycles. The van der Waals surface area contributed by atoms with E-state index >= 15 is 0 Å². The number of ether oxygens (including phenoxy) is 1. The van der Waals surface area contributed by atoms with E-state index in [0.717, 1.165) is 62.1 Å². The van der Waals surface area contributed by atoms with Crippen molar-refractivity contribution in [3.05, 3.63) is 59.1 Å². The van der Waals surface area contributed by atoms with Gasteiger partial charge in [-0.15, -0.1) is 0 Å². The molecule has 3 unspecified atom stereocenters. The molecule has 1 aromatic heterocycles. The third-order valence-electron chi connectivity index (χ3n) is 9.43. The molecule has 0 saturated carbocycles. The molecule has 0 N–H and O–H groups in total. The molecule has 1 aromatic carbocycles. The van der Waals surface area contributed by atoms with Crippen molar-refractivity contribution in [2.24, 2.45) is 5.41 Å². The number of likely N-dealkylation sites (N-methyl/N-ethyl adjacent to an activating group) is 1. The summed E-state index contributed by atoms with van der Waals surface area (Å²) in [5.74, 6) is -0.895. The number of fused-ring (bicyclic) bond motifs is 2. The van der Waals surface area contributed by atoms with Crippen molar-refractivity contribution in [2.45, 2.75) is 63.5 Å². The fourth-order valence-corrected chi connectivity index (χ4v) is 7.22. The molecule has 3 atom stereocenters. The summed E-state index contributed by atoms with van der Waals surface area (Å²) in [6.07, 6.45) is 7.32. The number of hydrogen-bond acceptors (Lipinski definition) is 7. The van der Waals surface area contributed by atoms with Gasteiger partial charge in [0, 0.05) is 31.2 Å². The first kappa shape index (κ1) is 26.7. The summed E-state index contributed by atoms with van der Waals surface area (Å²) >= 11 is 0. The van der Waals surface area contributed by atoms with Crippen LogP contribution >= 0.6 is 0 Å². The number of benzene rings is 1. The summed E-state index contributed by atoms with van der Waals surface area (Å²) in [4.78, 5) is 28.3. The van der Waals surface area contributed by atoms with Gasteiger partial charge in [-0.3, -0.25) is 4.79 Å². The van der Waals surface area contributed by atoms with Crippen LogP contribution < -0.4 is 9.64 Å². The van der Waals surface area contributed by atoms with Gasteiger partial charge in [-0.2, -0.15) is 15.2 Å². The van der Waals surface area contributed by atoms with Crippen molar-refractivity contribution in [1.82, 2.24) is 19.8 Å². The molecular formula is C31H37FN6O2. The Bertz CT molecular complexity index is 1360. The van der Waals surface area contributed by atoms with Crippen LogP contribution in [0, 0.1) is 16.7 Å². The molecule has 1 amide bonds. The van der Waals surface area contributed by atoms with Gasteiger partial charge in [-0.05, 0) is 75.1 Å². The van der Waals surface area contributed by atoms with Crippen molar-refractivity contribution in [3.8, 4) is 12.1 Å². The van der Waals surface area contributed by atoms with E-state index in [-0.39, 0.29) is 11.8 Å². The number of piperazine rings is 1. The predicted molar refractivity (Wildman–Crippen MR) is 150 cm³/mol. The highest BCUT2D eigenvalue weighted by molar-refractivity contribution is 5.91. The largest absolute Gasteiger partial charge is 0.462 e. The molecule has 4 aliphatic rings. The van der Waals surface area contributed by atoms with Crippen LogP contribution in [0.25, 0.3) is 0 Å². The molecule has 0 radical (unpaired) electrons. The maximum Gasteiger partial charge on any atom is 0.318 e. The van der Waals surface area contributed by atoms with Crippen LogP contribution in [0.3, 0.4) is 0 Å². The SMILES string of the molecule is C=C(F)C(=O)N1CCN(c2nc(OCC3CCCN3C)nc3c2CC2(CCc4ccccc4C2)C3)CC1CC#N. The topological polar surface area (TPSA) is 85.6 Å². The molecule has 6 rings (SSSR count). The van der Waals surface area contributed by atoms with Gasteiger partial charge >= 0.3 is 6.01 Å². The molecule has 2 aliphatic heterocycles. The van der Waals surface area contributed by atoms with E-state index in [2.05, 4.69) is 53.8 Å². The number of amides is 1. The molecule has 8 nitrogen and oxygen atoms in total. The number of hydrogen-bond donors (Lipinski definition) is 0. The minimum atomic E-state index is -0.994. The average molecular weight is 545 g/mol. The summed E-state index contributed by atoms with van der Waals surface area (Å²) in [6.45, 7) is 6.00. The van der Waals surface area contributed by atoms with Crippen molar-refractivity contribution in [3.63, 3.8) is 0 Å². The van der Waals surface area contributed by atoms with E-state index < -0.39 is 17.8 Å². The van der Waals surface area contributed by atoms with Crippen LogP contribution in [-0.4, -0.2) is 77.6 Å². The Kier molecular flexibility index (Phi) is 7.22. The molecule has 3 heterocycles. The van der Waals surface area contributed by atoms with Gasteiger partial charge in [-0.25, -0.2) is 4.39 Å². The lowest BCUT2D eigenvalue weighted by atomic mass is 9.70. The Morgan fingerprint density at radius 2 is 2.00 bits per heavy atom. The maximum atomic E-state index is 13.8.